The van der Waals surface area contributed by atoms with Crippen LogP contribution in [0, 0.1) is 6.92 Å². The van der Waals surface area contributed by atoms with Gasteiger partial charge in [-0.1, -0.05) is 18.2 Å². The van der Waals surface area contributed by atoms with Crippen LogP contribution in [-0.4, -0.2) is 64.6 Å². The van der Waals surface area contributed by atoms with Gasteiger partial charge in [-0.15, -0.1) is 0 Å². The smallest absolute Gasteiger partial charge is 0.330 e. The number of aromatic nitrogens is 2. The van der Waals surface area contributed by atoms with Crippen LogP contribution < -0.4 is 4.90 Å². The van der Waals surface area contributed by atoms with Gasteiger partial charge in [0.05, 0.1) is 17.7 Å². The molecule has 2 heterocycles. The molecule has 1 aliphatic heterocycles. The Morgan fingerprint density at radius 1 is 1.06 bits per heavy atom. The molecule has 0 saturated carbocycles. The Kier molecular flexibility index (Phi) is 6.53. The summed E-state index contributed by atoms with van der Waals surface area (Å²) >= 11 is 0. The van der Waals surface area contributed by atoms with Crippen molar-refractivity contribution in [3.8, 4) is 17.1 Å². The van der Waals surface area contributed by atoms with E-state index in [0.29, 0.717) is 37.6 Å². The molecule has 1 saturated heterocycles. The number of ether oxygens (including phenoxy) is 1. The molecule has 4 rings (SSSR count). The van der Waals surface area contributed by atoms with Crippen LogP contribution in [-0.2, 0) is 14.3 Å². The molecule has 8 nitrogen and oxygen atoms in total. The van der Waals surface area contributed by atoms with E-state index in [9.17, 15) is 14.7 Å². The first kappa shape index (κ1) is 22.3. The first-order chi connectivity index (χ1) is 16.0. The van der Waals surface area contributed by atoms with Crippen molar-refractivity contribution in [2.24, 2.45) is 0 Å². The predicted octanol–water partition coefficient (Wildman–Crippen LogP) is 3.08. The maximum Gasteiger partial charge on any atom is 0.330 e. The minimum atomic E-state index is -0.524. The van der Waals surface area contributed by atoms with Crippen LogP contribution >= 0.6 is 0 Å². The first-order valence-corrected chi connectivity index (χ1v) is 10.9. The van der Waals surface area contributed by atoms with Gasteiger partial charge in [0.15, 0.2) is 5.82 Å². The molecule has 0 aliphatic carbocycles. The number of aromatic hydroxyl groups is 1. The van der Waals surface area contributed by atoms with Gasteiger partial charge in [0, 0.05) is 43.7 Å². The fourth-order valence-electron chi connectivity index (χ4n) is 3.82. The average molecular weight is 447 g/mol. The number of fused-ring (bicyclic) bond motifs is 1. The summed E-state index contributed by atoms with van der Waals surface area (Å²) < 4.78 is 4.82. The molecule has 1 N–H and O–H groups in total. The molecule has 0 unspecified atom stereocenters. The van der Waals surface area contributed by atoms with Gasteiger partial charge in [-0.05, 0) is 43.7 Å². The Bertz CT molecular complexity index is 1220. The number of phenolic OH excluding ortho intramolecular Hbond substituents is 1. The lowest BCUT2D eigenvalue weighted by Gasteiger charge is -2.35. The van der Waals surface area contributed by atoms with Crippen LogP contribution in [0.5, 0.6) is 5.75 Å². The van der Waals surface area contributed by atoms with Crippen molar-refractivity contribution in [2.45, 2.75) is 13.8 Å². The average Bonchev–Trinajstić information content (AvgIpc) is 2.82. The number of rotatable bonds is 5. The van der Waals surface area contributed by atoms with Crippen molar-refractivity contribution in [1.82, 2.24) is 14.9 Å². The van der Waals surface area contributed by atoms with Gasteiger partial charge < -0.3 is 19.6 Å². The second-order valence-corrected chi connectivity index (χ2v) is 7.81. The Morgan fingerprint density at radius 3 is 2.55 bits per heavy atom. The number of piperazine rings is 1. The highest BCUT2D eigenvalue weighted by Crippen LogP contribution is 2.32. The van der Waals surface area contributed by atoms with Crippen molar-refractivity contribution in [3.63, 3.8) is 0 Å². The normalized spacial score (nSPS) is 14.1. The molecule has 8 heteroatoms. The molecule has 0 spiro atoms. The Balaban J connectivity index is 1.59. The largest absolute Gasteiger partial charge is 0.507 e. The van der Waals surface area contributed by atoms with Crippen LogP contribution in [0.2, 0.25) is 0 Å². The summed E-state index contributed by atoms with van der Waals surface area (Å²) in [6, 6.07) is 13.0. The van der Waals surface area contributed by atoms with Crippen molar-refractivity contribution in [1.29, 1.82) is 0 Å². The number of aryl methyl sites for hydroxylation is 1. The summed E-state index contributed by atoms with van der Waals surface area (Å²) in [6.07, 6.45) is 2.42. The van der Waals surface area contributed by atoms with Crippen LogP contribution in [0.1, 0.15) is 12.5 Å². The van der Waals surface area contributed by atoms with Crippen molar-refractivity contribution in [3.05, 3.63) is 60.2 Å². The summed E-state index contributed by atoms with van der Waals surface area (Å²) in [6.45, 7) is 6.15. The maximum absolute atomic E-state index is 12.4. The first-order valence-electron chi connectivity index (χ1n) is 10.9. The minimum absolute atomic E-state index is 0.124. The number of carbonyl (C=O) groups excluding carboxylic acids is 2. The molecular formula is C25H26N4O4. The predicted molar refractivity (Wildman–Crippen MR) is 126 cm³/mol. The van der Waals surface area contributed by atoms with Crippen molar-refractivity contribution >= 4 is 28.6 Å². The van der Waals surface area contributed by atoms with Gasteiger partial charge in [-0.25, -0.2) is 14.8 Å². The number of para-hydroxylation sites is 1. The molecule has 0 radical (unpaired) electrons. The van der Waals surface area contributed by atoms with Crippen LogP contribution in [0.25, 0.3) is 22.3 Å². The van der Waals surface area contributed by atoms with E-state index in [1.807, 2.05) is 31.2 Å². The quantitative estimate of drug-likeness (QED) is 0.475. The summed E-state index contributed by atoms with van der Waals surface area (Å²) in [5.74, 6) is 0.605. The number of phenols is 1. The van der Waals surface area contributed by atoms with E-state index in [1.54, 1.807) is 30.0 Å². The zero-order valence-electron chi connectivity index (χ0n) is 18.7. The molecule has 3 aromatic rings. The molecule has 0 atom stereocenters. The van der Waals surface area contributed by atoms with Gasteiger partial charge in [0.2, 0.25) is 5.91 Å². The van der Waals surface area contributed by atoms with Gasteiger partial charge in [0.1, 0.15) is 11.6 Å². The highest BCUT2D eigenvalue weighted by atomic mass is 16.5. The standard InChI is InChI=1S/C25H26N4O4/c1-3-33-23(32)11-10-22(31)28-12-14-29(15-13-28)25-18-9-8-17(2)16-20(18)26-24(27-25)19-6-4-5-7-21(19)30/h4-11,16,30H,3,12-15H2,1-2H3/b11-10-. The van der Waals surface area contributed by atoms with Crippen LogP contribution in [0.4, 0.5) is 5.82 Å². The lowest BCUT2D eigenvalue weighted by atomic mass is 10.1. The fourth-order valence-corrected chi connectivity index (χ4v) is 3.82. The third-order valence-electron chi connectivity index (χ3n) is 5.52. The number of hydrogen-bond donors (Lipinski definition) is 1. The molecule has 1 amide bonds. The molecule has 2 aromatic carbocycles. The Morgan fingerprint density at radius 2 is 1.82 bits per heavy atom. The zero-order valence-corrected chi connectivity index (χ0v) is 18.7. The summed E-state index contributed by atoms with van der Waals surface area (Å²) in [4.78, 5) is 37.2. The zero-order chi connectivity index (χ0) is 23.4. The highest BCUT2D eigenvalue weighted by Gasteiger charge is 2.23. The molecule has 33 heavy (non-hydrogen) atoms. The number of benzene rings is 2. The second kappa shape index (κ2) is 9.68. The van der Waals surface area contributed by atoms with Crippen molar-refractivity contribution < 1.29 is 19.4 Å². The molecule has 170 valence electrons. The third kappa shape index (κ3) is 4.95. The number of hydrogen-bond acceptors (Lipinski definition) is 7. The summed E-state index contributed by atoms with van der Waals surface area (Å²) in [7, 11) is 0. The minimum Gasteiger partial charge on any atom is -0.507 e. The van der Waals surface area contributed by atoms with E-state index >= 15 is 0 Å². The van der Waals surface area contributed by atoms with E-state index in [0.717, 1.165) is 28.4 Å². The van der Waals surface area contributed by atoms with Gasteiger partial charge in [-0.3, -0.25) is 4.79 Å². The van der Waals surface area contributed by atoms with E-state index in [1.165, 1.54) is 6.08 Å². The number of nitrogens with zero attached hydrogens (tertiary/aromatic N) is 4. The molecule has 0 bridgehead atoms. The molecular weight excluding hydrogens is 420 g/mol. The molecule has 1 fully saturated rings. The fraction of sp³-hybridized carbons (Fsp3) is 0.280. The highest BCUT2D eigenvalue weighted by molar-refractivity contribution is 5.95. The Labute approximate surface area is 192 Å². The number of carbonyl (C=O) groups is 2. The van der Waals surface area contributed by atoms with Crippen molar-refractivity contribution in [2.75, 3.05) is 37.7 Å². The van der Waals surface area contributed by atoms with Crippen LogP contribution in [0.15, 0.2) is 54.6 Å². The van der Waals surface area contributed by atoms with E-state index in [2.05, 4.69) is 4.90 Å². The topological polar surface area (TPSA) is 95.9 Å². The maximum atomic E-state index is 12.4. The Hall–Kier alpha value is -3.94. The second-order valence-electron chi connectivity index (χ2n) is 7.81. The lowest BCUT2D eigenvalue weighted by molar-refractivity contribution is -0.137. The van der Waals surface area contributed by atoms with Crippen LogP contribution in [0.3, 0.4) is 0 Å². The lowest BCUT2D eigenvalue weighted by Crippen LogP contribution is -2.48. The van der Waals surface area contributed by atoms with E-state index < -0.39 is 5.97 Å². The number of anilines is 1. The monoisotopic (exact) mass is 446 g/mol. The number of amides is 1. The van der Waals surface area contributed by atoms with Gasteiger partial charge in [-0.2, -0.15) is 0 Å². The summed E-state index contributed by atoms with van der Waals surface area (Å²) in [5.41, 5.74) is 2.45. The summed E-state index contributed by atoms with van der Waals surface area (Å²) in [5, 5.41) is 11.3. The third-order valence-corrected chi connectivity index (χ3v) is 5.52. The van der Waals surface area contributed by atoms with E-state index in [4.69, 9.17) is 14.7 Å². The van der Waals surface area contributed by atoms with Gasteiger partial charge in [0.25, 0.3) is 0 Å². The van der Waals surface area contributed by atoms with E-state index in [-0.39, 0.29) is 18.3 Å². The SMILES string of the molecule is CCOC(=O)/C=C\C(=O)N1CCN(c2nc(-c3ccccc3O)nc3cc(C)ccc23)CC1. The van der Waals surface area contributed by atoms with Gasteiger partial charge >= 0.3 is 5.97 Å². The molecule has 1 aliphatic rings. The molecule has 1 aromatic heterocycles. The number of esters is 1.